The number of nitrogens with one attached hydrogen (secondary N) is 1. The van der Waals surface area contributed by atoms with Gasteiger partial charge >= 0.3 is 0 Å². The molecular formula is C21H27NO3. The van der Waals surface area contributed by atoms with Gasteiger partial charge in [0.2, 0.25) is 0 Å². The molecule has 2 atom stereocenters. The van der Waals surface area contributed by atoms with Crippen LogP contribution in [-0.2, 0) is 4.79 Å². The van der Waals surface area contributed by atoms with Crippen LogP contribution >= 0.6 is 0 Å². The van der Waals surface area contributed by atoms with E-state index in [2.05, 4.69) is 19.2 Å². The molecule has 4 heteroatoms. The fourth-order valence-corrected chi connectivity index (χ4v) is 2.68. The van der Waals surface area contributed by atoms with Crippen LogP contribution in [0.5, 0.6) is 11.5 Å². The second-order valence-corrected chi connectivity index (χ2v) is 6.51. The van der Waals surface area contributed by atoms with Crippen molar-refractivity contribution in [2.24, 2.45) is 5.92 Å². The highest BCUT2D eigenvalue weighted by Crippen LogP contribution is 2.27. The summed E-state index contributed by atoms with van der Waals surface area (Å²) < 4.78 is 11.1. The molecule has 0 aromatic heterocycles. The number of carbonyl (C=O) groups excluding carboxylic acids is 1. The Morgan fingerprint density at radius 1 is 0.960 bits per heavy atom. The number of hydrogen-bond donors (Lipinski definition) is 1. The molecule has 4 nitrogen and oxygen atoms in total. The molecule has 0 radical (unpaired) electrons. The van der Waals surface area contributed by atoms with Gasteiger partial charge < -0.3 is 14.8 Å². The summed E-state index contributed by atoms with van der Waals surface area (Å²) in [6.07, 6.45) is 0.256. The minimum Gasteiger partial charge on any atom is -0.493 e. The smallest absolute Gasteiger partial charge is 0.261 e. The van der Waals surface area contributed by atoms with Crippen molar-refractivity contribution >= 4 is 5.91 Å². The van der Waals surface area contributed by atoms with E-state index in [-0.39, 0.29) is 11.9 Å². The number of ether oxygens (including phenoxy) is 2. The molecule has 1 N–H and O–H groups in total. The zero-order valence-electron chi connectivity index (χ0n) is 15.4. The highest BCUT2D eigenvalue weighted by Gasteiger charge is 2.22. The van der Waals surface area contributed by atoms with Gasteiger partial charge in [0, 0.05) is 0 Å². The van der Waals surface area contributed by atoms with Gasteiger partial charge in [0.05, 0.1) is 13.2 Å². The summed E-state index contributed by atoms with van der Waals surface area (Å²) >= 11 is 0. The first-order valence-corrected chi connectivity index (χ1v) is 8.66. The summed E-state index contributed by atoms with van der Waals surface area (Å²) in [4.78, 5) is 12.6. The molecule has 2 aromatic carbocycles. The third kappa shape index (κ3) is 5.52. The minimum atomic E-state index is -0.616. The van der Waals surface area contributed by atoms with Crippen molar-refractivity contribution in [2.75, 3.05) is 7.11 Å². The maximum Gasteiger partial charge on any atom is 0.261 e. The third-order valence-corrected chi connectivity index (χ3v) is 3.97. The number of amides is 1. The van der Waals surface area contributed by atoms with Crippen LogP contribution < -0.4 is 14.8 Å². The molecule has 0 saturated heterocycles. The summed E-state index contributed by atoms with van der Waals surface area (Å²) in [5, 5.41) is 3.12. The first-order chi connectivity index (χ1) is 12.0. The molecule has 25 heavy (non-hydrogen) atoms. The van der Waals surface area contributed by atoms with E-state index in [1.807, 2.05) is 48.5 Å². The maximum absolute atomic E-state index is 12.6. The van der Waals surface area contributed by atoms with Crippen LogP contribution in [0.15, 0.2) is 54.6 Å². The normalized spacial score (nSPS) is 13.2. The molecule has 0 bridgehead atoms. The van der Waals surface area contributed by atoms with Crippen LogP contribution in [0, 0.1) is 5.92 Å². The van der Waals surface area contributed by atoms with Gasteiger partial charge in [-0.1, -0.05) is 56.3 Å². The van der Waals surface area contributed by atoms with Gasteiger partial charge in [0.25, 0.3) is 5.91 Å². The van der Waals surface area contributed by atoms with Crippen LogP contribution in [0.25, 0.3) is 0 Å². The highest BCUT2D eigenvalue weighted by molar-refractivity contribution is 5.81. The molecule has 0 aliphatic rings. The lowest BCUT2D eigenvalue weighted by molar-refractivity contribution is -0.128. The second kappa shape index (κ2) is 9.11. The molecule has 134 valence electrons. The van der Waals surface area contributed by atoms with Crippen molar-refractivity contribution in [3.8, 4) is 11.5 Å². The topological polar surface area (TPSA) is 47.6 Å². The van der Waals surface area contributed by atoms with Crippen LogP contribution in [0.3, 0.4) is 0 Å². The van der Waals surface area contributed by atoms with Gasteiger partial charge in [-0.2, -0.15) is 0 Å². The molecule has 2 aromatic rings. The Kier molecular flexibility index (Phi) is 6.87. The standard InChI is InChI=1S/C21H27NO3/c1-15(2)14-18(17-10-6-5-7-11-17)22-21(23)16(3)25-20-13-9-8-12-19(20)24-4/h5-13,15-16,18H,14H2,1-4H3,(H,22,23)/t16-,18-/m0/s1. The molecule has 0 fully saturated rings. The summed E-state index contributed by atoms with van der Waals surface area (Å²) in [6, 6.07) is 17.3. The quantitative estimate of drug-likeness (QED) is 0.776. The molecule has 2 rings (SSSR count). The van der Waals surface area contributed by atoms with Crippen molar-refractivity contribution in [2.45, 2.75) is 39.3 Å². The monoisotopic (exact) mass is 341 g/mol. The maximum atomic E-state index is 12.6. The van der Waals surface area contributed by atoms with E-state index in [1.165, 1.54) is 0 Å². The minimum absolute atomic E-state index is 0.0302. The summed E-state index contributed by atoms with van der Waals surface area (Å²) in [5.41, 5.74) is 1.11. The molecule has 0 aliphatic carbocycles. The van der Waals surface area contributed by atoms with Crippen LogP contribution in [0.1, 0.15) is 38.8 Å². The first-order valence-electron chi connectivity index (χ1n) is 8.66. The van der Waals surface area contributed by atoms with Gasteiger partial charge in [-0.3, -0.25) is 4.79 Å². The van der Waals surface area contributed by atoms with Crippen molar-refractivity contribution < 1.29 is 14.3 Å². The summed E-state index contributed by atoms with van der Waals surface area (Å²) in [5.74, 6) is 1.51. The Balaban J connectivity index is 2.06. The number of carbonyl (C=O) groups is 1. The Hall–Kier alpha value is -2.49. The van der Waals surface area contributed by atoms with E-state index in [4.69, 9.17) is 9.47 Å². The molecule has 0 spiro atoms. The lowest BCUT2D eigenvalue weighted by Crippen LogP contribution is -2.39. The van der Waals surface area contributed by atoms with Crippen molar-refractivity contribution in [1.29, 1.82) is 0 Å². The number of rotatable bonds is 8. The van der Waals surface area contributed by atoms with Gasteiger partial charge in [0.1, 0.15) is 0 Å². The number of benzene rings is 2. The summed E-state index contributed by atoms with van der Waals surface area (Å²) in [6.45, 7) is 6.05. The Bertz CT molecular complexity index is 670. The predicted octanol–water partition coefficient (Wildman–Crippen LogP) is 4.37. The van der Waals surface area contributed by atoms with Crippen molar-refractivity contribution in [3.05, 3.63) is 60.2 Å². The SMILES string of the molecule is COc1ccccc1O[C@@H](C)C(=O)N[C@@H](CC(C)C)c1ccccc1. The van der Waals surface area contributed by atoms with E-state index in [0.29, 0.717) is 17.4 Å². The second-order valence-electron chi connectivity index (χ2n) is 6.51. The lowest BCUT2D eigenvalue weighted by atomic mass is 9.97. The Morgan fingerprint density at radius 2 is 1.56 bits per heavy atom. The summed E-state index contributed by atoms with van der Waals surface area (Å²) in [7, 11) is 1.58. The van der Waals surface area contributed by atoms with E-state index in [1.54, 1.807) is 20.1 Å². The zero-order chi connectivity index (χ0) is 18.2. The average molecular weight is 341 g/mol. The van der Waals surface area contributed by atoms with Crippen LogP contribution in [-0.4, -0.2) is 19.1 Å². The predicted molar refractivity (Wildman–Crippen MR) is 99.9 cm³/mol. The van der Waals surface area contributed by atoms with Gasteiger partial charge in [-0.25, -0.2) is 0 Å². The third-order valence-electron chi connectivity index (χ3n) is 3.97. The molecule has 0 saturated carbocycles. The fraction of sp³-hybridized carbons (Fsp3) is 0.381. The lowest BCUT2D eigenvalue weighted by Gasteiger charge is -2.24. The average Bonchev–Trinajstić information content (AvgIpc) is 2.62. The van der Waals surface area contributed by atoms with Crippen molar-refractivity contribution in [3.63, 3.8) is 0 Å². The highest BCUT2D eigenvalue weighted by atomic mass is 16.5. The zero-order valence-corrected chi connectivity index (χ0v) is 15.4. The van der Waals surface area contributed by atoms with E-state index in [0.717, 1.165) is 12.0 Å². The molecule has 0 aliphatic heterocycles. The van der Waals surface area contributed by atoms with Gasteiger partial charge in [0.15, 0.2) is 17.6 Å². The van der Waals surface area contributed by atoms with Crippen LogP contribution in [0.2, 0.25) is 0 Å². The van der Waals surface area contributed by atoms with Gasteiger partial charge in [-0.05, 0) is 37.0 Å². The number of hydrogen-bond acceptors (Lipinski definition) is 3. The van der Waals surface area contributed by atoms with E-state index < -0.39 is 6.10 Å². The largest absolute Gasteiger partial charge is 0.493 e. The van der Waals surface area contributed by atoms with Crippen molar-refractivity contribution in [1.82, 2.24) is 5.32 Å². The Morgan fingerprint density at radius 3 is 2.16 bits per heavy atom. The molecule has 0 heterocycles. The van der Waals surface area contributed by atoms with E-state index >= 15 is 0 Å². The first kappa shape index (κ1) is 18.8. The number of methoxy groups -OCH3 is 1. The Labute approximate surface area is 150 Å². The number of para-hydroxylation sites is 2. The molecular weight excluding hydrogens is 314 g/mol. The van der Waals surface area contributed by atoms with E-state index in [9.17, 15) is 4.79 Å². The van der Waals surface area contributed by atoms with Gasteiger partial charge in [-0.15, -0.1) is 0 Å². The fourth-order valence-electron chi connectivity index (χ4n) is 2.68. The molecule has 1 amide bonds. The molecule has 0 unspecified atom stereocenters. The van der Waals surface area contributed by atoms with Crippen LogP contribution in [0.4, 0.5) is 0 Å².